The molecule has 1 aliphatic rings. The number of morpholine rings is 1. The molecular formula is C12H15N3OS2. The van der Waals surface area contributed by atoms with Crippen molar-refractivity contribution in [3.8, 4) is 0 Å². The lowest BCUT2D eigenvalue weighted by molar-refractivity contribution is -0.0141. The summed E-state index contributed by atoms with van der Waals surface area (Å²) < 4.78 is 5.60. The van der Waals surface area contributed by atoms with Crippen LogP contribution in [-0.2, 0) is 11.3 Å². The number of hydrogen-bond acceptors (Lipinski definition) is 6. The molecule has 0 aliphatic carbocycles. The van der Waals surface area contributed by atoms with E-state index in [0.717, 1.165) is 42.0 Å². The Morgan fingerprint density at radius 2 is 2.44 bits per heavy atom. The molecule has 0 aromatic carbocycles. The Labute approximate surface area is 114 Å². The summed E-state index contributed by atoms with van der Waals surface area (Å²) in [5.41, 5.74) is 1.13. The molecule has 1 saturated heterocycles. The normalized spacial score (nSPS) is 21.3. The molecule has 3 rings (SSSR count). The zero-order valence-electron chi connectivity index (χ0n) is 10.2. The first kappa shape index (κ1) is 12.2. The fourth-order valence-electron chi connectivity index (χ4n) is 2.14. The molecule has 0 unspecified atom stereocenters. The zero-order chi connectivity index (χ0) is 12.4. The SMILES string of the molecule is Cc1nc([C@@H]2COCCN2Cc2nccs2)cs1. The smallest absolute Gasteiger partial charge is 0.107 e. The highest BCUT2D eigenvalue weighted by atomic mass is 32.1. The van der Waals surface area contributed by atoms with Gasteiger partial charge in [0.1, 0.15) is 5.01 Å². The Morgan fingerprint density at radius 1 is 1.50 bits per heavy atom. The van der Waals surface area contributed by atoms with E-state index in [-0.39, 0.29) is 6.04 Å². The van der Waals surface area contributed by atoms with E-state index < -0.39 is 0 Å². The van der Waals surface area contributed by atoms with Crippen molar-refractivity contribution in [2.75, 3.05) is 19.8 Å². The van der Waals surface area contributed by atoms with Crippen molar-refractivity contribution in [2.45, 2.75) is 19.5 Å². The summed E-state index contributed by atoms with van der Waals surface area (Å²) in [6, 6.07) is 0.271. The van der Waals surface area contributed by atoms with Crippen molar-refractivity contribution >= 4 is 22.7 Å². The Balaban J connectivity index is 1.77. The van der Waals surface area contributed by atoms with Crippen molar-refractivity contribution in [1.29, 1.82) is 0 Å². The minimum Gasteiger partial charge on any atom is -0.378 e. The van der Waals surface area contributed by atoms with Gasteiger partial charge in [-0.15, -0.1) is 22.7 Å². The summed E-state index contributed by atoms with van der Waals surface area (Å²) in [5.74, 6) is 0. The van der Waals surface area contributed by atoms with Crippen LogP contribution in [0.4, 0.5) is 0 Å². The van der Waals surface area contributed by atoms with Gasteiger partial charge in [-0.05, 0) is 6.92 Å². The van der Waals surface area contributed by atoms with E-state index in [1.165, 1.54) is 0 Å². The third-order valence-corrected chi connectivity index (χ3v) is 4.60. The number of aromatic nitrogens is 2. The fraction of sp³-hybridized carbons (Fsp3) is 0.500. The van der Waals surface area contributed by atoms with Gasteiger partial charge in [0.15, 0.2) is 0 Å². The van der Waals surface area contributed by atoms with Crippen LogP contribution in [0.3, 0.4) is 0 Å². The van der Waals surface area contributed by atoms with E-state index in [0.29, 0.717) is 0 Å². The lowest BCUT2D eigenvalue weighted by atomic mass is 10.2. The topological polar surface area (TPSA) is 38.2 Å². The van der Waals surface area contributed by atoms with Crippen LogP contribution < -0.4 is 0 Å². The molecule has 0 bridgehead atoms. The molecule has 3 heterocycles. The Kier molecular flexibility index (Phi) is 3.69. The highest BCUT2D eigenvalue weighted by Crippen LogP contribution is 2.27. The number of ether oxygens (including phenoxy) is 1. The highest BCUT2D eigenvalue weighted by molar-refractivity contribution is 7.09. The monoisotopic (exact) mass is 281 g/mol. The molecule has 4 nitrogen and oxygen atoms in total. The molecule has 6 heteroatoms. The van der Waals surface area contributed by atoms with E-state index >= 15 is 0 Å². The summed E-state index contributed by atoms with van der Waals surface area (Å²) in [6.07, 6.45) is 1.86. The maximum absolute atomic E-state index is 5.60. The van der Waals surface area contributed by atoms with Crippen molar-refractivity contribution in [3.63, 3.8) is 0 Å². The van der Waals surface area contributed by atoms with Crippen LogP contribution in [0.2, 0.25) is 0 Å². The van der Waals surface area contributed by atoms with Crippen molar-refractivity contribution < 1.29 is 4.74 Å². The van der Waals surface area contributed by atoms with Gasteiger partial charge < -0.3 is 4.74 Å². The summed E-state index contributed by atoms with van der Waals surface area (Å²) in [6.45, 7) is 5.41. The molecule has 1 atom stereocenters. The predicted molar refractivity (Wildman–Crippen MR) is 72.9 cm³/mol. The van der Waals surface area contributed by atoms with Crippen LogP contribution in [-0.4, -0.2) is 34.6 Å². The van der Waals surface area contributed by atoms with Gasteiger partial charge in [-0.3, -0.25) is 4.90 Å². The predicted octanol–water partition coefficient (Wildman–Crippen LogP) is 2.48. The fourth-order valence-corrected chi connectivity index (χ4v) is 3.44. The van der Waals surface area contributed by atoms with Gasteiger partial charge in [0.2, 0.25) is 0 Å². The first-order chi connectivity index (χ1) is 8.83. The number of rotatable bonds is 3. The number of aryl methyl sites for hydroxylation is 1. The average Bonchev–Trinajstić information content (AvgIpc) is 3.02. The van der Waals surface area contributed by atoms with Gasteiger partial charge in [-0.1, -0.05) is 0 Å². The molecule has 2 aromatic heterocycles. The van der Waals surface area contributed by atoms with Gasteiger partial charge in [-0.25, -0.2) is 9.97 Å². The van der Waals surface area contributed by atoms with E-state index in [4.69, 9.17) is 4.74 Å². The van der Waals surface area contributed by atoms with Crippen molar-refractivity contribution in [1.82, 2.24) is 14.9 Å². The largest absolute Gasteiger partial charge is 0.378 e. The number of nitrogens with zero attached hydrogens (tertiary/aromatic N) is 3. The van der Waals surface area contributed by atoms with Crippen LogP contribution in [0.15, 0.2) is 17.0 Å². The molecule has 18 heavy (non-hydrogen) atoms. The molecular weight excluding hydrogens is 266 g/mol. The van der Waals surface area contributed by atoms with Gasteiger partial charge >= 0.3 is 0 Å². The molecule has 0 saturated carbocycles. The number of hydrogen-bond donors (Lipinski definition) is 0. The summed E-state index contributed by atoms with van der Waals surface area (Å²) in [4.78, 5) is 11.4. The minimum atomic E-state index is 0.271. The quantitative estimate of drug-likeness (QED) is 0.866. The molecule has 0 amide bonds. The maximum Gasteiger partial charge on any atom is 0.107 e. The zero-order valence-corrected chi connectivity index (χ0v) is 11.8. The molecule has 1 aliphatic heterocycles. The molecule has 96 valence electrons. The summed E-state index contributed by atoms with van der Waals surface area (Å²) in [5, 5.41) is 6.44. The average molecular weight is 281 g/mol. The second kappa shape index (κ2) is 5.44. The Hall–Kier alpha value is -0.820. The summed E-state index contributed by atoms with van der Waals surface area (Å²) in [7, 11) is 0. The molecule has 1 fully saturated rings. The maximum atomic E-state index is 5.60. The van der Waals surface area contributed by atoms with E-state index in [2.05, 4.69) is 20.2 Å². The van der Waals surface area contributed by atoms with Crippen LogP contribution in [0.25, 0.3) is 0 Å². The van der Waals surface area contributed by atoms with E-state index in [9.17, 15) is 0 Å². The van der Waals surface area contributed by atoms with Crippen molar-refractivity contribution in [2.24, 2.45) is 0 Å². The summed E-state index contributed by atoms with van der Waals surface area (Å²) >= 11 is 3.41. The highest BCUT2D eigenvalue weighted by Gasteiger charge is 2.26. The molecule has 0 spiro atoms. The first-order valence-corrected chi connectivity index (χ1v) is 7.71. The third-order valence-electron chi connectivity index (χ3n) is 3.04. The second-order valence-electron chi connectivity index (χ2n) is 4.28. The van der Waals surface area contributed by atoms with Crippen molar-refractivity contribution in [3.05, 3.63) is 32.7 Å². The first-order valence-electron chi connectivity index (χ1n) is 5.95. The molecule has 0 radical (unpaired) electrons. The number of thiazole rings is 2. The lowest BCUT2D eigenvalue weighted by Crippen LogP contribution is -2.39. The van der Waals surface area contributed by atoms with Gasteiger partial charge in [-0.2, -0.15) is 0 Å². The van der Waals surface area contributed by atoms with Crippen LogP contribution in [0.1, 0.15) is 21.8 Å². The van der Waals surface area contributed by atoms with Gasteiger partial charge in [0.25, 0.3) is 0 Å². The van der Waals surface area contributed by atoms with Crippen LogP contribution in [0.5, 0.6) is 0 Å². The Bertz CT molecular complexity index is 497. The van der Waals surface area contributed by atoms with Gasteiger partial charge in [0.05, 0.1) is 36.5 Å². The lowest BCUT2D eigenvalue weighted by Gasteiger charge is -2.33. The third kappa shape index (κ3) is 2.61. The standard InChI is InChI=1S/C12H15N3OS2/c1-9-14-10(8-18-9)11-7-16-4-3-15(11)6-12-13-2-5-17-12/h2,5,8,11H,3-4,6-7H2,1H3/t11-/m0/s1. The second-order valence-corrected chi connectivity index (χ2v) is 6.32. The minimum absolute atomic E-state index is 0.271. The molecule has 2 aromatic rings. The van der Waals surface area contributed by atoms with E-state index in [1.807, 2.05) is 18.5 Å². The van der Waals surface area contributed by atoms with Crippen LogP contribution >= 0.6 is 22.7 Å². The molecule has 0 N–H and O–H groups in total. The Morgan fingerprint density at radius 3 is 3.17 bits per heavy atom. The van der Waals surface area contributed by atoms with E-state index in [1.54, 1.807) is 22.7 Å². The van der Waals surface area contributed by atoms with Gasteiger partial charge in [0, 0.05) is 23.5 Å². The van der Waals surface area contributed by atoms with Crippen LogP contribution in [0, 0.1) is 6.92 Å².